The van der Waals surface area contributed by atoms with Gasteiger partial charge in [0, 0.05) is 26.3 Å². The van der Waals surface area contributed by atoms with Crippen LogP contribution in [0.15, 0.2) is 17.3 Å². The molecular formula is C12H23N5. The Morgan fingerprint density at radius 1 is 1.47 bits per heavy atom. The number of nitrogens with one attached hydrogen (secondary N) is 2. The van der Waals surface area contributed by atoms with Crippen molar-refractivity contribution in [2.24, 2.45) is 18.0 Å². The van der Waals surface area contributed by atoms with Gasteiger partial charge in [-0.2, -0.15) is 5.10 Å². The van der Waals surface area contributed by atoms with Gasteiger partial charge in [0.25, 0.3) is 0 Å². The molecule has 0 aromatic carbocycles. The summed E-state index contributed by atoms with van der Waals surface area (Å²) >= 11 is 0. The third-order valence-electron chi connectivity index (χ3n) is 2.34. The normalized spacial score (nSPS) is 11.9. The van der Waals surface area contributed by atoms with Gasteiger partial charge in [-0.15, -0.1) is 0 Å². The summed E-state index contributed by atoms with van der Waals surface area (Å²) in [6.45, 7) is 8.86. The van der Waals surface area contributed by atoms with E-state index in [1.54, 1.807) is 6.20 Å². The standard InChI is InChI=1S/C12H23N5/c1-5-13-12(14-8-10(2)3)15-9-11-6-7-16-17(11)4/h6-7,10H,5,8-9H2,1-4H3,(H2,13,14,15). The van der Waals surface area contributed by atoms with Crippen molar-refractivity contribution in [2.45, 2.75) is 27.3 Å². The quantitative estimate of drug-likeness (QED) is 0.596. The van der Waals surface area contributed by atoms with E-state index < -0.39 is 0 Å². The number of hydrogen-bond acceptors (Lipinski definition) is 2. The first kappa shape index (κ1) is 13.5. The molecule has 0 aliphatic heterocycles. The number of aromatic nitrogens is 2. The highest BCUT2D eigenvalue weighted by molar-refractivity contribution is 5.79. The van der Waals surface area contributed by atoms with E-state index in [4.69, 9.17) is 0 Å². The number of aryl methyl sites for hydroxylation is 1. The minimum Gasteiger partial charge on any atom is -0.357 e. The lowest BCUT2D eigenvalue weighted by Crippen LogP contribution is -2.39. The minimum atomic E-state index is 0.607. The van der Waals surface area contributed by atoms with Gasteiger partial charge in [0.05, 0.1) is 12.2 Å². The van der Waals surface area contributed by atoms with Crippen LogP contribution in [-0.4, -0.2) is 28.8 Å². The largest absolute Gasteiger partial charge is 0.357 e. The fraction of sp³-hybridized carbons (Fsp3) is 0.667. The second-order valence-electron chi connectivity index (χ2n) is 4.42. The highest BCUT2D eigenvalue weighted by atomic mass is 15.3. The lowest BCUT2D eigenvalue weighted by molar-refractivity contribution is 0.614. The van der Waals surface area contributed by atoms with Crippen molar-refractivity contribution < 1.29 is 0 Å². The predicted octanol–water partition coefficient (Wildman–Crippen LogP) is 1.13. The number of aliphatic imine (C=N–C) groups is 1. The van der Waals surface area contributed by atoms with E-state index >= 15 is 0 Å². The van der Waals surface area contributed by atoms with Crippen LogP contribution in [0.2, 0.25) is 0 Å². The average molecular weight is 237 g/mol. The van der Waals surface area contributed by atoms with Crippen molar-refractivity contribution in [3.8, 4) is 0 Å². The molecule has 1 rings (SSSR count). The lowest BCUT2D eigenvalue weighted by atomic mass is 10.2. The Labute approximate surface area is 103 Å². The molecular weight excluding hydrogens is 214 g/mol. The maximum absolute atomic E-state index is 4.52. The summed E-state index contributed by atoms with van der Waals surface area (Å²) in [5.41, 5.74) is 1.10. The van der Waals surface area contributed by atoms with Gasteiger partial charge in [0.15, 0.2) is 5.96 Å². The monoisotopic (exact) mass is 237 g/mol. The summed E-state index contributed by atoms with van der Waals surface area (Å²) in [6.07, 6.45) is 1.79. The summed E-state index contributed by atoms with van der Waals surface area (Å²) in [5.74, 6) is 1.47. The van der Waals surface area contributed by atoms with Crippen molar-refractivity contribution in [1.29, 1.82) is 0 Å². The van der Waals surface area contributed by atoms with Gasteiger partial charge in [0.2, 0.25) is 0 Å². The molecule has 0 saturated heterocycles. The Kier molecular flexibility index (Phi) is 5.52. The Morgan fingerprint density at radius 2 is 2.24 bits per heavy atom. The molecule has 0 aliphatic carbocycles. The zero-order valence-corrected chi connectivity index (χ0v) is 11.2. The van der Waals surface area contributed by atoms with Gasteiger partial charge in [0.1, 0.15) is 0 Å². The molecule has 0 fully saturated rings. The first-order valence-electron chi connectivity index (χ1n) is 6.12. The summed E-state index contributed by atoms with van der Waals surface area (Å²) in [4.78, 5) is 4.52. The fourth-order valence-electron chi connectivity index (χ4n) is 1.36. The van der Waals surface area contributed by atoms with Gasteiger partial charge in [-0.3, -0.25) is 4.68 Å². The number of nitrogens with zero attached hydrogens (tertiary/aromatic N) is 3. The second kappa shape index (κ2) is 6.93. The SMILES string of the molecule is CCNC(=NCc1ccnn1C)NCC(C)C. The average Bonchev–Trinajstić information content (AvgIpc) is 2.68. The third kappa shape index (κ3) is 4.89. The predicted molar refractivity (Wildman–Crippen MR) is 70.9 cm³/mol. The highest BCUT2D eigenvalue weighted by Gasteiger charge is 2.00. The lowest BCUT2D eigenvalue weighted by Gasteiger charge is -2.12. The van der Waals surface area contributed by atoms with E-state index in [0.717, 1.165) is 24.7 Å². The second-order valence-corrected chi connectivity index (χ2v) is 4.42. The Hall–Kier alpha value is -1.52. The Bertz CT molecular complexity index is 354. The van der Waals surface area contributed by atoms with Gasteiger partial charge < -0.3 is 10.6 Å². The number of hydrogen-bond donors (Lipinski definition) is 2. The van der Waals surface area contributed by atoms with Crippen molar-refractivity contribution in [1.82, 2.24) is 20.4 Å². The van der Waals surface area contributed by atoms with E-state index in [9.17, 15) is 0 Å². The molecule has 0 saturated carbocycles. The molecule has 0 aliphatic rings. The van der Waals surface area contributed by atoms with Gasteiger partial charge >= 0.3 is 0 Å². The van der Waals surface area contributed by atoms with Crippen molar-refractivity contribution in [3.63, 3.8) is 0 Å². The van der Waals surface area contributed by atoms with Crippen LogP contribution >= 0.6 is 0 Å². The topological polar surface area (TPSA) is 54.2 Å². The van der Waals surface area contributed by atoms with Gasteiger partial charge in [-0.05, 0) is 18.9 Å². The Balaban J connectivity index is 2.54. The first-order chi connectivity index (χ1) is 8.13. The van der Waals surface area contributed by atoms with E-state index in [1.807, 2.05) is 17.8 Å². The van der Waals surface area contributed by atoms with E-state index in [2.05, 4.69) is 41.5 Å². The molecule has 17 heavy (non-hydrogen) atoms. The maximum Gasteiger partial charge on any atom is 0.191 e. The maximum atomic E-state index is 4.52. The summed E-state index contributed by atoms with van der Waals surface area (Å²) in [5, 5.41) is 10.7. The molecule has 96 valence electrons. The summed E-state index contributed by atoms with van der Waals surface area (Å²) < 4.78 is 1.84. The molecule has 2 N–H and O–H groups in total. The van der Waals surface area contributed by atoms with E-state index in [1.165, 1.54) is 0 Å². The molecule has 0 atom stereocenters. The van der Waals surface area contributed by atoms with Crippen LogP contribution in [0.25, 0.3) is 0 Å². The van der Waals surface area contributed by atoms with Gasteiger partial charge in [-0.25, -0.2) is 4.99 Å². The van der Waals surface area contributed by atoms with Crippen LogP contribution in [0.5, 0.6) is 0 Å². The van der Waals surface area contributed by atoms with Crippen molar-refractivity contribution >= 4 is 5.96 Å². The molecule has 0 spiro atoms. The number of guanidine groups is 1. The van der Waals surface area contributed by atoms with Crippen LogP contribution in [-0.2, 0) is 13.6 Å². The molecule has 1 aromatic heterocycles. The minimum absolute atomic E-state index is 0.607. The van der Waals surface area contributed by atoms with Crippen molar-refractivity contribution in [3.05, 3.63) is 18.0 Å². The molecule has 0 unspecified atom stereocenters. The smallest absolute Gasteiger partial charge is 0.191 e. The van der Waals surface area contributed by atoms with Crippen LogP contribution in [0.4, 0.5) is 0 Å². The van der Waals surface area contributed by atoms with Crippen LogP contribution in [0.3, 0.4) is 0 Å². The molecule has 5 nitrogen and oxygen atoms in total. The van der Waals surface area contributed by atoms with Crippen molar-refractivity contribution in [2.75, 3.05) is 13.1 Å². The molecule has 5 heteroatoms. The molecule has 1 heterocycles. The summed E-state index contributed by atoms with van der Waals surface area (Å²) in [6, 6.07) is 1.98. The summed E-state index contributed by atoms with van der Waals surface area (Å²) in [7, 11) is 1.93. The van der Waals surface area contributed by atoms with E-state index in [0.29, 0.717) is 12.5 Å². The molecule has 0 bridgehead atoms. The first-order valence-corrected chi connectivity index (χ1v) is 6.12. The molecule has 0 amide bonds. The zero-order valence-electron chi connectivity index (χ0n) is 11.2. The van der Waals surface area contributed by atoms with Gasteiger partial charge in [-0.1, -0.05) is 13.8 Å². The molecule has 0 radical (unpaired) electrons. The van der Waals surface area contributed by atoms with Crippen LogP contribution in [0, 0.1) is 5.92 Å². The fourth-order valence-corrected chi connectivity index (χ4v) is 1.36. The highest BCUT2D eigenvalue weighted by Crippen LogP contribution is 1.98. The third-order valence-corrected chi connectivity index (χ3v) is 2.34. The Morgan fingerprint density at radius 3 is 2.76 bits per heavy atom. The number of rotatable bonds is 5. The van der Waals surface area contributed by atoms with Crippen LogP contribution < -0.4 is 10.6 Å². The van der Waals surface area contributed by atoms with E-state index in [-0.39, 0.29) is 0 Å². The molecule has 1 aromatic rings. The van der Waals surface area contributed by atoms with Crippen LogP contribution in [0.1, 0.15) is 26.5 Å². The zero-order chi connectivity index (χ0) is 12.7.